The molecule has 214 valence electrons. The molecule has 2 aromatic carbocycles. The molecule has 4 amide bonds. The Kier molecular flexibility index (Phi) is 10.8. The number of amides is 4. The number of rotatable bonds is 12. The monoisotopic (exact) mass is 550 g/mol. The zero-order valence-corrected chi connectivity index (χ0v) is 23.1. The Hall–Kier alpha value is -4.21. The molecule has 40 heavy (non-hydrogen) atoms. The predicted octanol–water partition coefficient (Wildman–Crippen LogP) is 1.68. The van der Waals surface area contributed by atoms with Crippen LogP contribution in [-0.2, 0) is 36.8 Å². The molecule has 3 rings (SSSR count). The van der Waals surface area contributed by atoms with E-state index in [4.69, 9.17) is 0 Å². The van der Waals surface area contributed by atoms with E-state index in [2.05, 4.69) is 16.0 Å². The molecule has 1 heterocycles. The highest BCUT2D eigenvalue weighted by atomic mass is 16.4. The quantitative estimate of drug-likeness (QED) is 0.316. The third-order valence-electron chi connectivity index (χ3n) is 7.02. The fourth-order valence-corrected chi connectivity index (χ4v) is 4.84. The number of likely N-dealkylation sites (tertiary alicyclic amines) is 1. The highest BCUT2D eigenvalue weighted by Gasteiger charge is 2.36. The zero-order chi connectivity index (χ0) is 29.2. The number of carboxylic acid groups (broad SMARTS) is 1. The summed E-state index contributed by atoms with van der Waals surface area (Å²) in [5.74, 6) is -3.40. The molecule has 1 fully saturated rings. The van der Waals surface area contributed by atoms with E-state index in [9.17, 15) is 29.1 Å². The summed E-state index contributed by atoms with van der Waals surface area (Å²) in [6.45, 7) is 5.37. The summed E-state index contributed by atoms with van der Waals surface area (Å²) >= 11 is 0. The molecular weight excluding hydrogens is 512 g/mol. The minimum absolute atomic E-state index is 0.0847. The predicted molar refractivity (Wildman–Crippen MR) is 149 cm³/mol. The van der Waals surface area contributed by atoms with Crippen LogP contribution in [0, 0.1) is 5.92 Å². The van der Waals surface area contributed by atoms with Gasteiger partial charge in [-0.3, -0.25) is 19.2 Å². The minimum atomic E-state index is -1.19. The van der Waals surface area contributed by atoms with Gasteiger partial charge in [0.15, 0.2) is 0 Å². The number of hydrogen-bond acceptors (Lipinski definition) is 5. The first-order chi connectivity index (χ1) is 19.1. The summed E-state index contributed by atoms with van der Waals surface area (Å²) in [5, 5.41) is 17.8. The molecule has 4 N–H and O–H groups in total. The Morgan fingerprint density at radius 1 is 0.825 bits per heavy atom. The SMILES string of the molecule is CC(=O)N1CCC[C@H]1C(=O)N[C@@H](Cc1ccccc1)C(=O)N[C@H](C(=O)N[C@@H](Cc1ccccc1)C(=O)O)C(C)C. The van der Waals surface area contributed by atoms with Gasteiger partial charge in [0.25, 0.3) is 0 Å². The number of benzene rings is 2. The molecule has 0 radical (unpaired) electrons. The number of nitrogens with zero attached hydrogens (tertiary/aromatic N) is 1. The van der Waals surface area contributed by atoms with E-state index in [1.165, 1.54) is 11.8 Å². The zero-order valence-electron chi connectivity index (χ0n) is 23.1. The van der Waals surface area contributed by atoms with Crippen molar-refractivity contribution in [3.8, 4) is 0 Å². The van der Waals surface area contributed by atoms with E-state index in [0.717, 1.165) is 11.1 Å². The van der Waals surface area contributed by atoms with E-state index in [-0.39, 0.29) is 24.7 Å². The van der Waals surface area contributed by atoms with Gasteiger partial charge in [-0.1, -0.05) is 74.5 Å². The summed E-state index contributed by atoms with van der Waals surface area (Å²) in [6.07, 6.45) is 1.45. The third-order valence-corrected chi connectivity index (χ3v) is 7.02. The van der Waals surface area contributed by atoms with Gasteiger partial charge in [0.1, 0.15) is 24.2 Å². The van der Waals surface area contributed by atoms with Gasteiger partial charge in [0.05, 0.1) is 0 Å². The highest BCUT2D eigenvalue weighted by molar-refractivity contribution is 5.95. The van der Waals surface area contributed by atoms with Crippen molar-refractivity contribution in [3.05, 3.63) is 71.8 Å². The van der Waals surface area contributed by atoms with Gasteiger partial charge in [-0.05, 0) is 29.9 Å². The fraction of sp³-hybridized carbons (Fsp3) is 0.433. The molecule has 1 saturated heterocycles. The van der Waals surface area contributed by atoms with Crippen LogP contribution in [0.3, 0.4) is 0 Å². The van der Waals surface area contributed by atoms with Crippen molar-refractivity contribution in [1.29, 1.82) is 0 Å². The van der Waals surface area contributed by atoms with Gasteiger partial charge >= 0.3 is 5.97 Å². The van der Waals surface area contributed by atoms with E-state index < -0.39 is 47.9 Å². The Morgan fingerprint density at radius 3 is 1.88 bits per heavy atom. The second-order valence-electron chi connectivity index (χ2n) is 10.4. The van der Waals surface area contributed by atoms with Gasteiger partial charge in [0.2, 0.25) is 23.6 Å². The molecule has 10 heteroatoms. The van der Waals surface area contributed by atoms with Crippen molar-refractivity contribution in [2.24, 2.45) is 5.92 Å². The van der Waals surface area contributed by atoms with Crippen LogP contribution >= 0.6 is 0 Å². The second kappa shape index (κ2) is 14.3. The molecule has 4 atom stereocenters. The lowest BCUT2D eigenvalue weighted by Gasteiger charge is -2.28. The second-order valence-corrected chi connectivity index (χ2v) is 10.4. The normalized spacial score (nSPS) is 17.0. The van der Waals surface area contributed by atoms with Crippen LogP contribution in [0.25, 0.3) is 0 Å². The summed E-state index contributed by atoms with van der Waals surface area (Å²) in [6, 6.07) is 14.2. The Labute approximate surface area is 234 Å². The molecular formula is C30H38N4O6. The molecule has 0 aromatic heterocycles. The highest BCUT2D eigenvalue weighted by Crippen LogP contribution is 2.18. The summed E-state index contributed by atoms with van der Waals surface area (Å²) < 4.78 is 0. The van der Waals surface area contributed by atoms with Gasteiger partial charge < -0.3 is 26.0 Å². The maximum absolute atomic E-state index is 13.5. The van der Waals surface area contributed by atoms with Crippen LogP contribution in [0.2, 0.25) is 0 Å². The van der Waals surface area contributed by atoms with Gasteiger partial charge in [0, 0.05) is 26.3 Å². The Morgan fingerprint density at radius 2 is 1.38 bits per heavy atom. The van der Waals surface area contributed by atoms with Crippen molar-refractivity contribution in [2.45, 2.75) is 70.6 Å². The van der Waals surface area contributed by atoms with Crippen LogP contribution in [0.4, 0.5) is 0 Å². The Bertz CT molecular complexity index is 1190. The van der Waals surface area contributed by atoms with Crippen LogP contribution in [0.15, 0.2) is 60.7 Å². The molecule has 10 nitrogen and oxygen atoms in total. The summed E-state index contributed by atoms with van der Waals surface area (Å²) in [7, 11) is 0. The molecule has 0 aliphatic carbocycles. The fourth-order valence-electron chi connectivity index (χ4n) is 4.84. The number of aliphatic carboxylic acids is 1. The van der Waals surface area contributed by atoms with Crippen LogP contribution < -0.4 is 16.0 Å². The number of nitrogens with one attached hydrogen (secondary N) is 3. The molecule has 0 saturated carbocycles. The third kappa shape index (κ3) is 8.39. The largest absolute Gasteiger partial charge is 0.480 e. The lowest BCUT2D eigenvalue weighted by molar-refractivity contribution is -0.142. The van der Waals surface area contributed by atoms with E-state index in [1.54, 1.807) is 38.1 Å². The van der Waals surface area contributed by atoms with E-state index in [0.29, 0.717) is 19.4 Å². The molecule has 0 unspecified atom stereocenters. The molecule has 1 aliphatic heterocycles. The van der Waals surface area contributed by atoms with E-state index in [1.807, 2.05) is 36.4 Å². The van der Waals surface area contributed by atoms with Crippen molar-refractivity contribution >= 4 is 29.6 Å². The van der Waals surface area contributed by atoms with Crippen molar-refractivity contribution in [2.75, 3.05) is 6.54 Å². The smallest absolute Gasteiger partial charge is 0.326 e. The maximum Gasteiger partial charge on any atom is 0.326 e. The van der Waals surface area contributed by atoms with Gasteiger partial charge in [-0.15, -0.1) is 0 Å². The number of hydrogen-bond donors (Lipinski definition) is 4. The lowest BCUT2D eigenvalue weighted by atomic mass is 9.99. The summed E-state index contributed by atoms with van der Waals surface area (Å²) in [5.41, 5.74) is 1.55. The minimum Gasteiger partial charge on any atom is -0.480 e. The average molecular weight is 551 g/mol. The maximum atomic E-state index is 13.5. The van der Waals surface area contributed by atoms with Crippen LogP contribution in [0.5, 0.6) is 0 Å². The van der Waals surface area contributed by atoms with Crippen molar-refractivity contribution in [1.82, 2.24) is 20.9 Å². The van der Waals surface area contributed by atoms with Crippen molar-refractivity contribution < 1.29 is 29.1 Å². The van der Waals surface area contributed by atoms with Gasteiger partial charge in [-0.25, -0.2) is 4.79 Å². The lowest BCUT2D eigenvalue weighted by Crippen LogP contribution is -2.59. The first-order valence-electron chi connectivity index (χ1n) is 13.6. The summed E-state index contributed by atoms with van der Waals surface area (Å²) in [4.78, 5) is 65.4. The standard InChI is InChI=1S/C30H38N4O6/c1-19(2)26(29(38)32-24(30(39)40)18-22-13-8-5-9-14-22)33-27(36)23(17-21-11-6-4-7-12-21)31-28(37)25-15-10-16-34(25)20(3)35/h4-9,11-14,19,23-26H,10,15-18H2,1-3H3,(H,31,37)(H,32,38)(H,33,36)(H,39,40)/t23-,24-,25-,26-/m0/s1. The molecule has 1 aliphatic rings. The first kappa shape index (κ1) is 30.3. The number of carbonyl (C=O) groups is 5. The first-order valence-corrected chi connectivity index (χ1v) is 13.6. The van der Waals surface area contributed by atoms with Crippen LogP contribution in [0.1, 0.15) is 44.7 Å². The molecule has 2 aromatic rings. The molecule has 0 bridgehead atoms. The Balaban J connectivity index is 1.76. The number of carbonyl (C=O) groups excluding carboxylic acids is 4. The van der Waals surface area contributed by atoms with E-state index >= 15 is 0 Å². The van der Waals surface area contributed by atoms with Crippen LogP contribution in [-0.4, -0.2) is 70.3 Å². The van der Waals surface area contributed by atoms with Gasteiger partial charge in [-0.2, -0.15) is 0 Å². The van der Waals surface area contributed by atoms with Crippen molar-refractivity contribution in [3.63, 3.8) is 0 Å². The number of carboxylic acids is 1. The topological polar surface area (TPSA) is 145 Å². The average Bonchev–Trinajstić information content (AvgIpc) is 3.42. The molecule has 0 spiro atoms.